The zero-order chi connectivity index (χ0) is 13.7. The van der Waals surface area contributed by atoms with Crippen LogP contribution in [0.5, 0.6) is 0 Å². The molecule has 0 saturated heterocycles. The Kier molecular flexibility index (Phi) is 4.06. The second-order valence-electron chi connectivity index (χ2n) is 3.68. The number of furan rings is 1. The summed E-state index contributed by atoms with van der Waals surface area (Å²) in [7, 11) is 0. The van der Waals surface area contributed by atoms with E-state index in [9.17, 15) is 4.79 Å². The van der Waals surface area contributed by atoms with Gasteiger partial charge in [0.25, 0.3) is 0 Å². The molecule has 5 nitrogen and oxygen atoms in total. The third-order valence-corrected chi connectivity index (χ3v) is 2.59. The molecule has 1 unspecified atom stereocenters. The quantitative estimate of drug-likeness (QED) is 0.902. The fraction of sp³-hybridized carbons (Fsp3) is 0.0769. The highest BCUT2D eigenvalue weighted by molar-refractivity contribution is 6.30. The van der Waals surface area contributed by atoms with Gasteiger partial charge in [-0.3, -0.25) is 0 Å². The van der Waals surface area contributed by atoms with Crippen LogP contribution in [0.3, 0.4) is 0 Å². The third-order valence-electron chi connectivity index (χ3n) is 2.33. The van der Waals surface area contributed by atoms with Gasteiger partial charge in [0.15, 0.2) is 6.04 Å². The van der Waals surface area contributed by atoms with E-state index in [-0.39, 0.29) is 0 Å². The Labute approximate surface area is 114 Å². The highest BCUT2D eigenvalue weighted by atomic mass is 35.5. The standard InChI is InChI=1S/C13H10ClN3O2/c14-9-3-5-10(6-4-9)16-13(18)17-11(8-15)12-2-1-7-19-12/h1-7,11H,(H2,16,17,18). The zero-order valence-corrected chi connectivity index (χ0v) is 10.5. The number of nitrogens with one attached hydrogen (secondary N) is 2. The smallest absolute Gasteiger partial charge is 0.320 e. The van der Waals surface area contributed by atoms with Crippen LogP contribution in [0, 0.1) is 11.3 Å². The highest BCUT2D eigenvalue weighted by Gasteiger charge is 2.16. The number of amides is 2. The Morgan fingerprint density at radius 2 is 2.05 bits per heavy atom. The van der Waals surface area contributed by atoms with E-state index in [2.05, 4.69) is 10.6 Å². The number of hydrogen-bond acceptors (Lipinski definition) is 3. The van der Waals surface area contributed by atoms with Crippen molar-refractivity contribution < 1.29 is 9.21 Å². The molecule has 0 bridgehead atoms. The second kappa shape index (κ2) is 5.94. The van der Waals surface area contributed by atoms with Crippen molar-refractivity contribution in [2.24, 2.45) is 0 Å². The van der Waals surface area contributed by atoms with E-state index in [0.717, 1.165) is 0 Å². The Hall–Kier alpha value is -2.45. The number of carbonyl (C=O) groups excluding carboxylic acids is 1. The molecule has 1 aromatic carbocycles. The monoisotopic (exact) mass is 275 g/mol. The van der Waals surface area contributed by atoms with E-state index < -0.39 is 12.1 Å². The van der Waals surface area contributed by atoms with E-state index >= 15 is 0 Å². The summed E-state index contributed by atoms with van der Waals surface area (Å²) in [5.41, 5.74) is 0.582. The van der Waals surface area contributed by atoms with Crippen LogP contribution in [0.4, 0.5) is 10.5 Å². The molecule has 2 amide bonds. The summed E-state index contributed by atoms with van der Waals surface area (Å²) in [6.45, 7) is 0. The summed E-state index contributed by atoms with van der Waals surface area (Å²) in [5.74, 6) is 0.383. The van der Waals surface area contributed by atoms with Crippen LogP contribution in [0.25, 0.3) is 0 Å². The minimum Gasteiger partial charge on any atom is -0.466 e. The summed E-state index contributed by atoms with van der Waals surface area (Å²) < 4.78 is 5.07. The number of anilines is 1. The Morgan fingerprint density at radius 1 is 1.32 bits per heavy atom. The molecule has 96 valence electrons. The van der Waals surface area contributed by atoms with Crippen molar-refractivity contribution in [3.63, 3.8) is 0 Å². The van der Waals surface area contributed by atoms with Crippen molar-refractivity contribution in [1.82, 2.24) is 5.32 Å². The first-order valence-electron chi connectivity index (χ1n) is 5.45. The topological polar surface area (TPSA) is 78.1 Å². The molecule has 0 aliphatic rings. The number of carbonyl (C=O) groups is 1. The van der Waals surface area contributed by atoms with Gasteiger partial charge in [0.1, 0.15) is 5.76 Å². The van der Waals surface area contributed by atoms with Crippen LogP contribution in [-0.2, 0) is 0 Å². The molecule has 6 heteroatoms. The molecule has 1 heterocycles. The SMILES string of the molecule is N#CC(NC(=O)Nc1ccc(Cl)cc1)c1ccco1. The molecule has 0 fully saturated rings. The average molecular weight is 276 g/mol. The Balaban J connectivity index is 1.97. The molecule has 2 N–H and O–H groups in total. The fourth-order valence-electron chi connectivity index (χ4n) is 1.45. The predicted octanol–water partition coefficient (Wildman–Crippen LogP) is 3.32. The maximum Gasteiger partial charge on any atom is 0.320 e. The van der Waals surface area contributed by atoms with E-state index in [4.69, 9.17) is 21.3 Å². The minimum atomic E-state index is -0.831. The molecule has 1 atom stereocenters. The van der Waals surface area contributed by atoms with E-state index in [0.29, 0.717) is 16.5 Å². The van der Waals surface area contributed by atoms with Gasteiger partial charge in [-0.1, -0.05) is 11.6 Å². The first-order chi connectivity index (χ1) is 9.19. The molecule has 0 aliphatic heterocycles. The molecule has 0 aliphatic carbocycles. The molecule has 0 saturated carbocycles. The number of hydrogen-bond donors (Lipinski definition) is 2. The normalized spacial score (nSPS) is 11.4. The third kappa shape index (κ3) is 3.50. The van der Waals surface area contributed by atoms with Gasteiger partial charge >= 0.3 is 6.03 Å². The number of halogens is 1. The summed E-state index contributed by atoms with van der Waals surface area (Å²) in [4.78, 5) is 11.7. The maximum absolute atomic E-state index is 11.7. The summed E-state index contributed by atoms with van der Waals surface area (Å²) in [6, 6.07) is 10.5. The Morgan fingerprint density at radius 3 is 2.63 bits per heavy atom. The zero-order valence-electron chi connectivity index (χ0n) is 9.76. The molecule has 2 rings (SSSR count). The molecular weight excluding hydrogens is 266 g/mol. The lowest BCUT2D eigenvalue weighted by Crippen LogP contribution is -2.31. The lowest BCUT2D eigenvalue weighted by Gasteiger charge is -2.10. The molecule has 1 aromatic heterocycles. The van der Waals surface area contributed by atoms with Gasteiger partial charge in [0.2, 0.25) is 0 Å². The van der Waals surface area contributed by atoms with Gasteiger partial charge < -0.3 is 15.1 Å². The number of urea groups is 1. The van der Waals surface area contributed by atoms with Crippen LogP contribution in [0.2, 0.25) is 5.02 Å². The molecule has 0 spiro atoms. The van der Waals surface area contributed by atoms with Gasteiger partial charge in [0.05, 0.1) is 12.3 Å². The van der Waals surface area contributed by atoms with Crippen LogP contribution in [0.15, 0.2) is 47.1 Å². The first kappa shape index (κ1) is 13.0. The summed E-state index contributed by atoms with van der Waals surface area (Å²) in [5, 5.41) is 14.6. The largest absolute Gasteiger partial charge is 0.466 e. The number of nitriles is 1. The van der Waals surface area contributed by atoms with Crippen molar-refractivity contribution in [3.05, 3.63) is 53.4 Å². The van der Waals surface area contributed by atoms with Gasteiger partial charge in [-0.25, -0.2) is 4.79 Å². The van der Waals surface area contributed by atoms with Gasteiger partial charge in [-0.2, -0.15) is 5.26 Å². The van der Waals surface area contributed by atoms with Gasteiger partial charge in [-0.05, 0) is 36.4 Å². The van der Waals surface area contributed by atoms with E-state index in [1.165, 1.54) is 6.26 Å². The van der Waals surface area contributed by atoms with Crippen molar-refractivity contribution in [2.75, 3.05) is 5.32 Å². The van der Waals surface area contributed by atoms with Crippen LogP contribution in [0.1, 0.15) is 11.8 Å². The molecular formula is C13H10ClN3O2. The Bertz CT molecular complexity index is 587. The van der Waals surface area contributed by atoms with Crippen molar-refractivity contribution in [2.45, 2.75) is 6.04 Å². The average Bonchev–Trinajstić information content (AvgIpc) is 2.92. The summed E-state index contributed by atoms with van der Waals surface area (Å²) >= 11 is 5.74. The lowest BCUT2D eigenvalue weighted by molar-refractivity contribution is 0.249. The van der Waals surface area contributed by atoms with E-state index in [1.54, 1.807) is 36.4 Å². The number of nitrogens with zero attached hydrogens (tertiary/aromatic N) is 1. The first-order valence-corrected chi connectivity index (χ1v) is 5.83. The second-order valence-corrected chi connectivity index (χ2v) is 4.12. The van der Waals surface area contributed by atoms with Crippen LogP contribution < -0.4 is 10.6 Å². The maximum atomic E-state index is 11.7. The van der Waals surface area contributed by atoms with Crippen LogP contribution >= 0.6 is 11.6 Å². The van der Waals surface area contributed by atoms with E-state index in [1.807, 2.05) is 6.07 Å². The highest BCUT2D eigenvalue weighted by Crippen LogP contribution is 2.15. The number of rotatable bonds is 3. The lowest BCUT2D eigenvalue weighted by atomic mass is 10.2. The summed E-state index contributed by atoms with van der Waals surface area (Å²) in [6.07, 6.45) is 1.44. The van der Waals surface area contributed by atoms with Crippen molar-refractivity contribution >= 4 is 23.3 Å². The molecule has 19 heavy (non-hydrogen) atoms. The van der Waals surface area contributed by atoms with Crippen molar-refractivity contribution in [3.8, 4) is 6.07 Å². The van der Waals surface area contributed by atoms with Gasteiger partial charge in [-0.15, -0.1) is 0 Å². The fourth-order valence-corrected chi connectivity index (χ4v) is 1.58. The predicted molar refractivity (Wildman–Crippen MR) is 70.7 cm³/mol. The van der Waals surface area contributed by atoms with Crippen molar-refractivity contribution in [1.29, 1.82) is 5.26 Å². The molecule has 2 aromatic rings. The minimum absolute atomic E-state index is 0.383. The van der Waals surface area contributed by atoms with Gasteiger partial charge in [0, 0.05) is 10.7 Å². The number of benzene rings is 1. The molecule has 0 radical (unpaired) electrons. The van der Waals surface area contributed by atoms with Crippen LogP contribution in [-0.4, -0.2) is 6.03 Å².